The number of likely N-dealkylation sites (tertiary alicyclic amines) is 1. The maximum atomic E-state index is 12.2. The molecule has 1 aromatic heterocycles. The fourth-order valence-electron chi connectivity index (χ4n) is 2.26. The lowest BCUT2D eigenvalue weighted by Crippen LogP contribution is -2.40. The van der Waals surface area contributed by atoms with E-state index < -0.39 is 27.9 Å². The highest BCUT2D eigenvalue weighted by atomic mass is 32.2. The molecule has 0 spiro atoms. The minimum atomic E-state index is -3.98. The lowest BCUT2D eigenvalue weighted by molar-refractivity contribution is -0.141. The second kappa shape index (κ2) is 4.91. The SMILES string of the molecule is Cc1oc(C(=O)N2CCCC2C(=O)O)cc1S(N)(=O)=O. The second-order valence-corrected chi connectivity index (χ2v) is 6.10. The van der Waals surface area contributed by atoms with Gasteiger partial charge in [-0.05, 0) is 19.8 Å². The average Bonchev–Trinajstić information content (AvgIpc) is 2.92. The Hall–Kier alpha value is -1.87. The van der Waals surface area contributed by atoms with E-state index in [0.717, 1.165) is 11.0 Å². The van der Waals surface area contributed by atoms with Crippen LogP contribution in [0.4, 0.5) is 0 Å². The van der Waals surface area contributed by atoms with Crippen LogP contribution >= 0.6 is 0 Å². The van der Waals surface area contributed by atoms with Crippen LogP contribution in [0.3, 0.4) is 0 Å². The molecule has 20 heavy (non-hydrogen) atoms. The Labute approximate surface area is 115 Å². The maximum absolute atomic E-state index is 12.2. The molecule has 3 N–H and O–H groups in total. The molecule has 0 radical (unpaired) electrons. The first kappa shape index (κ1) is 14.5. The number of hydrogen-bond acceptors (Lipinski definition) is 5. The number of carbonyl (C=O) groups is 2. The Morgan fingerprint density at radius 1 is 1.50 bits per heavy atom. The van der Waals surface area contributed by atoms with Crippen molar-refractivity contribution in [2.24, 2.45) is 5.14 Å². The highest BCUT2D eigenvalue weighted by molar-refractivity contribution is 7.89. The molecule has 2 heterocycles. The van der Waals surface area contributed by atoms with Crippen molar-refractivity contribution in [3.05, 3.63) is 17.6 Å². The quantitative estimate of drug-likeness (QED) is 0.803. The highest BCUT2D eigenvalue weighted by Crippen LogP contribution is 2.24. The fourth-order valence-corrected chi connectivity index (χ4v) is 2.97. The molecule has 8 nitrogen and oxygen atoms in total. The zero-order valence-corrected chi connectivity index (χ0v) is 11.5. The summed E-state index contributed by atoms with van der Waals surface area (Å²) in [6.07, 6.45) is 0.938. The van der Waals surface area contributed by atoms with Crippen molar-refractivity contribution in [3.8, 4) is 0 Å². The summed E-state index contributed by atoms with van der Waals surface area (Å²) in [4.78, 5) is 24.1. The molecule has 1 aromatic rings. The Morgan fingerprint density at radius 2 is 2.15 bits per heavy atom. The summed E-state index contributed by atoms with van der Waals surface area (Å²) >= 11 is 0. The summed E-state index contributed by atoms with van der Waals surface area (Å²) in [6, 6.07) is 0.121. The van der Waals surface area contributed by atoms with Crippen LogP contribution in [-0.4, -0.2) is 42.9 Å². The Bertz CT molecular complexity index is 662. The molecular weight excluding hydrogens is 288 g/mol. The van der Waals surface area contributed by atoms with E-state index in [1.54, 1.807) is 0 Å². The molecule has 1 atom stereocenters. The van der Waals surface area contributed by atoms with Crippen molar-refractivity contribution in [2.45, 2.75) is 30.7 Å². The van der Waals surface area contributed by atoms with E-state index in [9.17, 15) is 18.0 Å². The van der Waals surface area contributed by atoms with E-state index in [1.807, 2.05) is 0 Å². The summed E-state index contributed by atoms with van der Waals surface area (Å²) in [5, 5.41) is 14.0. The van der Waals surface area contributed by atoms with E-state index in [1.165, 1.54) is 6.92 Å². The lowest BCUT2D eigenvalue weighted by Gasteiger charge is -2.19. The largest absolute Gasteiger partial charge is 0.480 e. The molecule has 110 valence electrons. The van der Waals surface area contributed by atoms with E-state index in [0.29, 0.717) is 19.4 Å². The van der Waals surface area contributed by atoms with Gasteiger partial charge in [0.05, 0.1) is 0 Å². The van der Waals surface area contributed by atoms with Gasteiger partial charge in [-0.25, -0.2) is 18.4 Å². The number of carbonyl (C=O) groups excluding carboxylic acids is 1. The van der Waals surface area contributed by atoms with Crippen LogP contribution in [0.1, 0.15) is 29.2 Å². The lowest BCUT2D eigenvalue weighted by atomic mass is 10.2. The minimum absolute atomic E-state index is 0.00178. The van der Waals surface area contributed by atoms with Gasteiger partial charge in [0.25, 0.3) is 5.91 Å². The van der Waals surface area contributed by atoms with Gasteiger partial charge in [0, 0.05) is 12.6 Å². The van der Waals surface area contributed by atoms with Gasteiger partial charge in [-0.1, -0.05) is 0 Å². The Kier molecular flexibility index (Phi) is 3.57. The van der Waals surface area contributed by atoms with Crippen LogP contribution in [0.25, 0.3) is 0 Å². The number of primary sulfonamides is 1. The molecule has 1 aliphatic heterocycles. The number of furan rings is 1. The first-order valence-corrected chi connectivity index (χ1v) is 7.43. The minimum Gasteiger partial charge on any atom is -0.480 e. The van der Waals surface area contributed by atoms with Gasteiger partial charge < -0.3 is 14.4 Å². The second-order valence-electron chi connectivity index (χ2n) is 4.57. The maximum Gasteiger partial charge on any atom is 0.326 e. The number of carboxylic acids is 1. The van der Waals surface area contributed by atoms with Gasteiger partial charge in [0.1, 0.15) is 16.7 Å². The third-order valence-electron chi connectivity index (χ3n) is 3.19. The van der Waals surface area contributed by atoms with E-state index in [-0.39, 0.29) is 16.4 Å². The molecule has 0 bridgehead atoms. The molecule has 2 rings (SSSR count). The number of nitrogens with zero attached hydrogens (tertiary/aromatic N) is 1. The van der Waals surface area contributed by atoms with Gasteiger partial charge in [0.15, 0.2) is 5.76 Å². The number of carboxylic acid groups (broad SMARTS) is 1. The zero-order chi connectivity index (χ0) is 15.1. The average molecular weight is 302 g/mol. The summed E-state index contributed by atoms with van der Waals surface area (Å²) in [5.74, 6) is -1.96. The molecule has 1 saturated heterocycles. The van der Waals surface area contributed by atoms with Crippen LogP contribution < -0.4 is 5.14 Å². The fraction of sp³-hybridized carbons (Fsp3) is 0.455. The van der Waals surface area contributed by atoms with Crippen LogP contribution in [0.5, 0.6) is 0 Å². The predicted molar refractivity (Wildman–Crippen MR) is 66.5 cm³/mol. The van der Waals surface area contributed by atoms with Crippen molar-refractivity contribution < 1.29 is 27.5 Å². The summed E-state index contributed by atoms with van der Waals surface area (Å²) < 4.78 is 27.7. The van der Waals surface area contributed by atoms with Gasteiger partial charge in [-0.2, -0.15) is 0 Å². The van der Waals surface area contributed by atoms with E-state index >= 15 is 0 Å². The zero-order valence-electron chi connectivity index (χ0n) is 10.7. The van der Waals surface area contributed by atoms with Crippen LogP contribution in [0.2, 0.25) is 0 Å². The normalized spacial score (nSPS) is 19.3. The summed E-state index contributed by atoms with van der Waals surface area (Å²) in [5.41, 5.74) is 0. The highest BCUT2D eigenvalue weighted by Gasteiger charge is 2.36. The number of nitrogens with two attached hydrogens (primary N) is 1. The van der Waals surface area contributed by atoms with Gasteiger partial charge >= 0.3 is 5.97 Å². The molecule has 0 aliphatic carbocycles. The summed E-state index contributed by atoms with van der Waals surface area (Å²) in [6.45, 7) is 1.66. The van der Waals surface area contributed by atoms with Gasteiger partial charge in [0.2, 0.25) is 10.0 Å². The standard InChI is InChI=1S/C11H14N2O6S/c1-6-9(20(12,17)18)5-8(19-6)10(14)13-4-2-3-7(13)11(15)16/h5,7H,2-4H2,1H3,(H,15,16)(H2,12,17,18). The van der Waals surface area contributed by atoms with E-state index in [4.69, 9.17) is 14.7 Å². The van der Waals surface area contributed by atoms with Crippen molar-refractivity contribution in [1.82, 2.24) is 4.90 Å². The number of aliphatic carboxylic acids is 1. The molecule has 9 heteroatoms. The van der Waals surface area contributed by atoms with Crippen molar-refractivity contribution in [2.75, 3.05) is 6.54 Å². The smallest absolute Gasteiger partial charge is 0.326 e. The first-order chi connectivity index (χ1) is 9.21. The monoisotopic (exact) mass is 302 g/mol. The first-order valence-electron chi connectivity index (χ1n) is 5.89. The topological polar surface area (TPSA) is 131 Å². The Balaban J connectivity index is 2.33. The van der Waals surface area contributed by atoms with Crippen molar-refractivity contribution in [3.63, 3.8) is 0 Å². The molecule has 1 unspecified atom stereocenters. The van der Waals surface area contributed by atoms with Crippen LogP contribution in [0, 0.1) is 6.92 Å². The summed E-state index contributed by atoms with van der Waals surface area (Å²) in [7, 11) is -3.98. The van der Waals surface area contributed by atoms with Crippen molar-refractivity contribution >= 4 is 21.9 Å². The Morgan fingerprint density at radius 3 is 2.65 bits per heavy atom. The number of hydrogen-bond donors (Lipinski definition) is 2. The third kappa shape index (κ3) is 2.54. The molecule has 1 fully saturated rings. The molecule has 1 amide bonds. The molecule has 1 aliphatic rings. The molecule has 0 aromatic carbocycles. The number of amides is 1. The third-order valence-corrected chi connectivity index (χ3v) is 4.21. The number of sulfonamides is 1. The molecular formula is C11H14N2O6S. The van der Waals surface area contributed by atoms with Gasteiger partial charge in [-0.3, -0.25) is 4.79 Å². The van der Waals surface area contributed by atoms with Crippen molar-refractivity contribution in [1.29, 1.82) is 0 Å². The predicted octanol–water partition coefficient (Wildman–Crippen LogP) is -0.0754. The number of aryl methyl sites for hydroxylation is 1. The van der Waals surface area contributed by atoms with Crippen LogP contribution in [-0.2, 0) is 14.8 Å². The van der Waals surface area contributed by atoms with Crippen LogP contribution in [0.15, 0.2) is 15.4 Å². The molecule has 0 saturated carbocycles. The number of rotatable bonds is 3. The van der Waals surface area contributed by atoms with Gasteiger partial charge in [-0.15, -0.1) is 0 Å². The van der Waals surface area contributed by atoms with E-state index in [2.05, 4.69) is 0 Å².